The van der Waals surface area contributed by atoms with Gasteiger partial charge in [-0.2, -0.15) is 0 Å². The second-order valence-electron chi connectivity index (χ2n) is 7.05. The Morgan fingerprint density at radius 2 is 2.08 bits per heavy atom. The molecular weight excluding hydrogens is 364 g/mol. The normalized spacial score (nSPS) is 26.0. The molecule has 0 spiro atoms. The van der Waals surface area contributed by atoms with E-state index in [0.717, 1.165) is 25.0 Å². The summed E-state index contributed by atoms with van der Waals surface area (Å²) >= 11 is 0. The van der Waals surface area contributed by atoms with Gasteiger partial charge in [0.05, 0.1) is 11.6 Å². The van der Waals surface area contributed by atoms with Crippen molar-refractivity contribution in [2.24, 2.45) is 17.6 Å². The second kappa shape index (κ2) is 8.31. The first-order valence-corrected chi connectivity index (χ1v) is 8.66. The third kappa shape index (κ3) is 3.99. The lowest BCUT2D eigenvalue weighted by atomic mass is 9.91. The molecule has 144 valence electrons. The maximum absolute atomic E-state index is 14.0. The highest BCUT2D eigenvalue weighted by molar-refractivity contribution is 6.00. The standard InChI is InChI=1S/C18H23F2N3O2.ClH/c1-11-4-5-22(14(6-11)9-21)18(25)12-7-17(24)23(10-12)16-3-2-13(19)8-15(16)20;/h2-3,8,11-12,14H,4-7,9-10,21H2,1H3;1H. The van der Waals surface area contributed by atoms with Crippen LogP contribution in [0.1, 0.15) is 26.2 Å². The van der Waals surface area contributed by atoms with Crippen LogP contribution in [0, 0.1) is 23.5 Å². The van der Waals surface area contributed by atoms with Crippen molar-refractivity contribution < 1.29 is 18.4 Å². The summed E-state index contributed by atoms with van der Waals surface area (Å²) in [6.07, 6.45) is 1.82. The lowest BCUT2D eigenvalue weighted by Crippen LogP contribution is -2.51. The second-order valence-corrected chi connectivity index (χ2v) is 7.05. The monoisotopic (exact) mass is 387 g/mol. The van der Waals surface area contributed by atoms with Crippen LogP contribution in [0.2, 0.25) is 0 Å². The zero-order valence-electron chi connectivity index (χ0n) is 14.7. The van der Waals surface area contributed by atoms with E-state index in [1.807, 2.05) is 0 Å². The number of halogens is 3. The summed E-state index contributed by atoms with van der Waals surface area (Å²) in [5, 5.41) is 0. The molecule has 3 atom stereocenters. The summed E-state index contributed by atoms with van der Waals surface area (Å²) in [6.45, 7) is 3.29. The molecule has 0 bridgehead atoms. The molecule has 0 radical (unpaired) electrons. The molecule has 2 amide bonds. The van der Waals surface area contributed by atoms with Crippen molar-refractivity contribution in [3.8, 4) is 0 Å². The van der Waals surface area contributed by atoms with E-state index in [0.29, 0.717) is 19.0 Å². The molecule has 1 aromatic rings. The maximum atomic E-state index is 14.0. The first-order valence-electron chi connectivity index (χ1n) is 8.66. The van der Waals surface area contributed by atoms with Crippen LogP contribution in [0.15, 0.2) is 18.2 Å². The van der Waals surface area contributed by atoms with Gasteiger partial charge in [-0.15, -0.1) is 12.4 Å². The largest absolute Gasteiger partial charge is 0.338 e. The quantitative estimate of drug-likeness (QED) is 0.865. The zero-order chi connectivity index (χ0) is 18.1. The van der Waals surface area contributed by atoms with Crippen LogP contribution >= 0.6 is 12.4 Å². The number of piperidine rings is 1. The molecule has 1 aromatic carbocycles. The van der Waals surface area contributed by atoms with Crippen LogP contribution in [0.3, 0.4) is 0 Å². The highest BCUT2D eigenvalue weighted by Gasteiger charge is 2.40. The van der Waals surface area contributed by atoms with Crippen LogP contribution in [0.4, 0.5) is 14.5 Å². The number of hydrogen-bond donors (Lipinski definition) is 1. The summed E-state index contributed by atoms with van der Waals surface area (Å²) in [5.41, 5.74) is 5.83. The van der Waals surface area contributed by atoms with Gasteiger partial charge in [0.25, 0.3) is 0 Å². The summed E-state index contributed by atoms with van der Waals surface area (Å²) in [7, 11) is 0. The van der Waals surface area contributed by atoms with Gasteiger partial charge in [0.1, 0.15) is 11.6 Å². The molecule has 0 aromatic heterocycles. The topological polar surface area (TPSA) is 66.6 Å². The fourth-order valence-corrected chi connectivity index (χ4v) is 3.81. The molecule has 2 saturated heterocycles. The molecular formula is C18H24ClF2N3O2. The molecule has 0 saturated carbocycles. The van der Waals surface area contributed by atoms with E-state index in [9.17, 15) is 18.4 Å². The fourth-order valence-electron chi connectivity index (χ4n) is 3.81. The number of hydrogen-bond acceptors (Lipinski definition) is 3. The van der Waals surface area contributed by atoms with Crippen molar-refractivity contribution in [1.82, 2.24) is 4.90 Å². The van der Waals surface area contributed by atoms with Gasteiger partial charge in [-0.1, -0.05) is 6.92 Å². The Hall–Kier alpha value is -1.73. The number of nitrogens with two attached hydrogens (primary N) is 1. The third-order valence-electron chi connectivity index (χ3n) is 5.21. The number of nitrogens with zero attached hydrogens (tertiary/aromatic N) is 2. The van der Waals surface area contributed by atoms with Gasteiger partial charge in [0.2, 0.25) is 11.8 Å². The number of likely N-dealkylation sites (tertiary alicyclic amines) is 1. The minimum atomic E-state index is -0.798. The van der Waals surface area contributed by atoms with Gasteiger partial charge < -0.3 is 15.5 Å². The zero-order valence-corrected chi connectivity index (χ0v) is 15.5. The Labute approximate surface area is 157 Å². The molecule has 3 unspecified atom stereocenters. The Morgan fingerprint density at radius 1 is 1.35 bits per heavy atom. The predicted octanol–water partition coefficient (Wildman–Crippen LogP) is 2.33. The molecule has 2 aliphatic heterocycles. The first kappa shape index (κ1) is 20.6. The van der Waals surface area contributed by atoms with Crippen molar-refractivity contribution in [3.63, 3.8) is 0 Å². The average Bonchev–Trinajstić information content (AvgIpc) is 2.95. The highest BCUT2D eigenvalue weighted by atomic mass is 35.5. The Bertz CT molecular complexity index is 688. The molecule has 26 heavy (non-hydrogen) atoms. The number of carbonyl (C=O) groups is 2. The van der Waals surface area contributed by atoms with E-state index >= 15 is 0 Å². The Morgan fingerprint density at radius 3 is 2.73 bits per heavy atom. The van der Waals surface area contributed by atoms with E-state index in [2.05, 4.69) is 6.92 Å². The molecule has 3 rings (SSSR count). The first-order chi connectivity index (χ1) is 11.9. The van der Waals surface area contributed by atoms with Crippen LogP contribution in [0.5, 0.6) is 0 Å². The van der Waals surface area contributed by atoms with E-state index in [-0.39, 0.29) is 48.9 Å². The van der Waals surface area contributed by atoms with Crippen LogP contribution < -0.4 is 10.6 Å². The van der Waals surface area contributed by atoms with E-state index in [1.54, 1.807) is 4.90 Å². The minimum absolute atomic E-state index is 0. The van der Waals surface area contributed by atoms with Crippen molar-refractivity contribution in [2.75, 3.05) is 24.5 Å². The number of rotatable bonds is 3. The molecule has 2 aliphatic rings. The Kier molecular flexibility index (Phi) is 6.58. The van der Waals surface area contributed by atoms with E-state index in [1.165, 1.54) is 11.0 Å². The average molecular weight is 388 g/mol. The van der Waals surface area contributed by atoms with Crippen LogP contribution in [0.25, 0.3) is 0 Å². The maximum Gasteiger partial charge on any atom is 0.228 e. The molecule has 8 heteroatoms. The smallest absolute Gasteiger partial charge is 0.228 e. The minimum Gasteiger partial charge on any atom is -0.338 e. The van der Waals surface area contributed by atoms with Gasteiger partial charge >= 0.3 is 0 Å². The predicted molar refractivity (Wildman–Crippen MR) is 97.0 cm³/mol. The summed E-state index contributed by atoms with van der Waals surface area (Å²) in [4.78, 5) is 28.2. The van der Waals surface area contributed by atoms with Gasteiger partial charge in [-0.25, -0.2) is 8.78 Å². The number of benzene rings is 1. The molecule has 5 nitrogen and oxygen atoms in total. The van der Waals surface area contributed by atoms with Gasteiger partial charge in [-0.05, 0) is 30.9 Å². The fraction of sp³-hybridized carbons (Fsp3) is 0.556. The van der Waals surface area contributed by atoms with E-state index < -0.39 is 17.6 Å². The highest BCUT2D eigenvalue weighted by Crippen LogP contribution is 2.31. The molecule has 2 heterocycles. The molecule has 0 aliphatic carbocycles. The van der Waals surface area contributed by atoms with Crippen LogP contribution in [-0.4, -0.2) is 42.4 Å². The molecule has 2 N–H and O–H groups in total. The lowest BCUT2D eigenvalue weighted by Gasteiger charge is -2.39. The van der Waals surface area contributed by atoms with Gasteiger partial charge in [0, 0.05) is 38.2 Å². The van der Waals surface area contributed by atoms with Crippen molar-refractivity contribution in [1.29, 1.82) is 0 Å². The van der Waals surface area contributed by atoms with Gasteiger partial charge in [-0.3, -0.25) is 9.59 Å². The summed E-state index contributed by atoms with van der Waals surface area (Å²) < 4.78 is 27.0. The van der Waals surface area contributed by atoms with Crippen molar-refractivity contribution in [2.45, 2.75) is 32.2 Å². The molecule has 2 fully saturated rings. The van der Waals surface area contributed by atoms with Gasteiger partial charge in [0.15, 0.2) is 0 Å². The number of amides is 2. The third-order valence-corrected chi connectivity index (χ3v) is 5.21. The Balaban J connectivity index is 0.00000243. The number of carbonyl (C=O) groups excluding carboxylic acids is 2. The number of anilines is 1. The lowest BCUT2D eigenvalue weighted by molar-refractivity contribution is -0.139. The summed E-state index contributed by atoms with van der Waals surface area (Å²) in [6, 6.07) is 3.08. The van der Waals surface area contributed by atoms with Crippen molar-refractivity contribution in [3.05, 3.63) is 29.8 Å². The van der Waals surface area contributed by atoms with E-state index in [4.69, 9.17) is 5.73 Å². The SMILES string of the molecule is CC1CCN(C(=O)C2CC(=O)N(c3ccc(F)cc3F)C2)C(CN)C1.Cl. The van der Waals surface area contributed by atoms with Crippen LogP contribution in [-0.2, 0) is 9.59 Å². The van der Waals surface area contributed by atoms with Crippen molar-refractivity contribution >= 4 is 29.9 Å². The summed E-state index contributed by atoms with van der Waals surface area (Å²) in [5.74, 6) is -1.91.